The third-order valence-corrected chi connectivity index (χ3v) is 8.29. The molecule has 0 bridgehead atoms. The summed E-state index contributed by atoms with van der Waals surface area (Å²) in [5, 5.41) is 0. The van der Waals surface area contributed by atoms with Crippen molar-refractivity contribution < 1.29 is 19.1 Å². The second-order valence-electron chi connectivity index (χ2n) is 10.0. The Bertz CT molecular complexity index is 1090. The van der Waals surface area contributed by atoms with Gasteiger partial charge < -0.3 is 24.2 Å². The fraction of sp³-hybridized carbons (Fsp3) is 0.556. The maximum atomic E-state index is 13.7. The molecule has 2 atom stereocenters. The largest absolute Gasteiger partial charge is 0.497 e. The number of urea groups is 1. The molecule has 1 spiro atoms. The lowest BCUT2D eigenvalue weighted by Gasteiger charge is -2.45. The van der Waals surface area contributed by atoms with Gasteiger partial charge in [-0.3, -0.25) is 9.69 Å². The number of rotatable bonds is 4. The molecule has 5 rings (SSSR count). The second kappa shape index (κ2) is 8.81. The van der Waals surface area contributed by atoms with Gasteiger partial charge in [0.1, 0.15) is 17.5 Å². The van der Waals surface area contributed by atoms with Crippen LogP contribution in [0.3, 0.4) is 0 Å². The molecular formula is C27H36N4O4. The van der Waals surface area contributed by atoms with Crippen LogP contribution in [0.1, 0.15) is 50.2 Å². The lowest BCUT2D eigenvalue weighted by Crippen LogP contribution is -2.56. The summed E-state index contributed by atoms with van der Waals surface area (Å²) >= 11 is 0. The molecule has 1 unspecified atom stereocenters. The number of amides is 3. The summed E-state index contributed by atoms with van der Waals surface area (Å²) < 4.78 is 11.2. The number of likely N-dealkylation sites (tertiary alicyclic amines) is 1. The van der Waals surface area contributed by atoms with Crippen molar-refractivity contribution in [2.75, 3.05) is 40.9 Å². The van der Waals surface area contributed by atoms with Crippen LogP contribution in [-0.4, -0.2) is 84.0 Å². The molecule has 2 saturated heterocycles. The molecule has 0 radical (unpaired) electrons. The summed E-state index contributed by atoms with van der Waals surface area (Å²) in [5.41, 5.74) is 2.83. The van der Waals surface area contributed by atoms with Gasteiger partial charge in [0.2, 0.25) is 5.91 Å². The topological polar surface area (TPSA) is 65.6 Å². The van der Waals surface area contributed by atoms with Crippen molar-refractivity contribution in [2.45, 2.75) is 57.2 Å². The molecule has 0 aromatic heterocycles. The number of carbonyl (C=O) groups excluding carboxylic acids is 2. The molecule has 1 aromatic rings. The molecule has 4 aliphatic rings. The van der Waals surface area contributed by atoms with Crippen LogP contribution >= 0.6 is 0 Å². The lowest BCUT2D eigenvalue weighted by molar-refractivity contribution is -0.137. The number of carbonyl (C=O) groups is 2. The zero-order chi connectivity index (χ0) is 24.9. The standard InChI is InChI=1S/C27H36N4O4/c1-6-31-26(33)30-17-19-15-20(34-4)16-22(35-5)24(19)18(2)14-23(30)27(31)9-12-29(13-10-27)25(32)21-8-7-11-28(21)3/h7,11,14-16,18,21H,6,8-10,12-13,17H2,1-5H3/t18-,21?/m0/s1. The van der Waals surface area contributed by atoms with Crippen LogP contribution in [0.15, 0.2) is 36.2 Å². The molecule has 0 saturated carbocycles. The maximum Gasteiger partial charge on any atom is 0.325 e. The minimum atomic E-state index is -0.393. The first kappa shape index (κ1) is 23.6. The van der Waals surface area contributed by atoms with Crippen LogP contribution in [-0.2, 0) is 11.3 Å². The molecule has 0 aliphatic carbocycles. The van der Waals surface area contributed by atoms with Crippen molar-refractivity contribution in [3.63, 3.8) is 0 Å². The minimum absolute atomic E-state index is 0.0417. The van der Waals surface area contributed by atoms with Crippen molar-refractivity contribution in [2.24, 2.45) is 0 Å². The molecule has 8 nitrogen and oxygen atoms in total. The number of ether oxygens (including phenoxy) is 2. The molecule has 8 heteroatoms. The molecule has 0 N–H and O–H groups in total. The monoisotopic (exact) mass is 480 g/mol. The summed E-state index contributed by atoms with van der Waals surface area (Å²) in [6.45, 7) is 6.63. The Hall–Kier alpha value is -3.16. The Morgan fingerprint density at radius 1 is 1.17 bits per heavy atom. The van der Waals surface area contributed by atoms with Gasteiger partial charge in [0.25, 0.3) is 0 Å². The van der Waals surface area contributed by atoms with E-state index in [-0.39, 0.29) is 23.9 Å². The van der Waals surface area contributed by atoms with E-state index in [9.17, 15) is 9.59 Å². The van der Waals surface area contributed by atoms with E-state index in [1.807, 2.05) is 51.9 Å². The second-order valence-corrected chi connectivity index (χ2v) is 10.0. The Morgan fingerprint density at radius 3 is 2.51 bits per heavy atom. The van der Waals surface area contributed by atoms with Crippen LogP contribution in [0.2, 0.25) is 0 Å². The first-order chi connectivity index (χ1) is 16.8. The fourth-order valence-corrected chi connectivity index (χ4v) is 6.47. The van der Waals surface area contributed by atoms with Crippen LogP contribution in [0.4, 0.5) is 4.79 Å². The number of hydrogen-bond donors (Lipinski definition) is 0. The maximum absolute atomic E-state index is 13.7. The Morgan fingerprint density at radius 2 is 1.91 bits per heavy atom. The highest BCUT2D eigenvalue weighted by atomic mass is 16.5. The molecule has 4 heterocycles. The Labute approximate surface area is 207 Å². The summed E-state index contributed by atoms with van der Waals surface area (Å²) in [5.74, 6) is 1.77. The highest BCUT2D eigenvalue weighted by Crippen LogP contribution is 2.49. The molecule has 4 aliphatic heterocycles. The van der Waals surface area contributed by atoms with E-state index in [2.05, 4.69) is 19.1 Å². The fourth-order valence-electron chi connectivity index (χ4n) is 6.47. The minimum Gasteiger partial charge on any atom is -0.497 e. The normalized spacial score (nSPS) is 24.9. The predicted octanol–water partition coefficient (Wildman–Crippen LogP) is 3.54. The van der Waals surface area contributed by atoms with E-state index in [0.29, 0.717) is 26.2 Å². The average molecular weight is 481 g/mol. The van der Waals surface area contributed by atoms with Crippen LogP contribution in [0, 0.1) is 0 Å². The van der Waals surface area contributed by atoms with E-state index in [1.165, 1.54) is 0 Å². The van der Waals surface area contributed by atoms with Crippen molar-refractivity contribution in [3.05, 3.63) is 47.3 Å². The number of methoxy groups -OCH3 is 2. The molecule has 3 amide bonds. The van der Waals surface area contributed by atoms with Gasteiger partial charge in [-0.25, -0.2) is 4.79 Å². The van der Waals surface area contributed by atoms with Gasteiger partial charge in [0.05, 0.1) is 26.3 Å². The van der Waals surface area contributed by atoms with Gasteiger partial charge in [0, 0.05) is 49.9 Å². The predicted molar refractivity (Wildman–Crippen MR) is 133 cm³/mol. The summed E-state index contributed by atoms with van der Waals surface area (Å²) in [7, 11) is 5.28. The molecule has 1 aromatic carbocycles. The highest BCUT2D eigenvalue weighted by molar-refractivity contribution is 5.84. The van der Waals surface area contributed by atoms with Gasteiger partial charge in [-0.05, 0) is 44.0 Å². The molecule has 2 fully saturated rings. The first-order valence-corrected chi connectivity index (χ1v) is 12.6. The SMILES string of the molecule is CCN1C(=O)N2Cc3cc(OC)cc(OC)c3[C@@H](C)C=C2C12CCN(C(=O)C1CC=CN1C)CC2. The Balaban J connectivity index is 1.47. The summed E-state index contributed by atoms with van der Waals surface area (Å²) in [4.78, 5) is 34.9. The van der Waals surface area contributed by atoms with Crippen LogP contribution in [0.5, 0.6) is 11.5 Å². The summed E-state index contributed by atoms with van der Waals surface area (Å²) in [6, 6.07) is 3.87. The third kappa shape index (κ3) is 3.56. The molecule has 35 heavy (non-hydrogen) atoms. The summed E-state index contributed by atoms with van der Waals surface area (Å²) in [6.07, 6.45) is 8.54. The number of benzene rings is 1. The van der Waals surface area contributed by atoms with E-state index < -0.39 is 5.54 Å². The van der Waals surface area contributed by atoms with Crippen molar-refractivity contribution in [3.8, 4) is 11.5 Å². The van der Waals surface area contributed by atoms with E-state index >= 15 is 0 Å². The van der Waals surface area contributed by atoms with E-state index in [1.54, 1.807) is 14.2 Å². The van der Waals surface area contributed by atoms with Gasteiger partial charge in [-0.15, -0.1) is 0 Å². The molecule has 188 valence electrons. The number of fused-ring (bicyclic) bond motifs is 3. The van der Waals surface area contributed by atoms with Gasteiger partial charge in [-0.1, -0.05) is 19.1 Å². The van der Waals surface area contributed by atoms with Gasteiger partial charge in [0.15, 0.2) is 0 Å². The lowest BCUT2D eigenvalue weighted by atomic mass is 9.82. The van der Waals surface area contributed by atoms with Crippen LogP contribution < -0.4 is 9.47 Å². The highest BCUT2D eigenvalue weighted by Gasteiger charge is 2.55. The van der Waals surface area contributed by atoms with Crippen molar-refractivity contribution in [1.82, 2.24) is 19.6 Å². The van der Waals surface area contributed by atoms with E-state index in [4.69, 9.17) is 9.47 Å². The average Bonchev–Trinajstić information content (AvgIpc) is 3.32. The number of likely N-dealkylation sites (N-methyl/N-ethyl adjacent to an activating group) is 2. The third-order valence-electron chi connectivity index (χ3n) is 8.29. The number of hydrogen-bond acceptors (Lipinski definition) is 5. The quantitative estimate of drug-likeness (QED) is 0.660. The van der Waals surface area contributed by atoms with Gasteiger partial charge >= 0.3 is 6.03 Å². The first-order valence-electron chi connectivity index (χ1n) is 12.6. The van der Waals surface area contributed by atoms with Crippen molar-refractivity contribution >= 4 is 11.9 Å². The number of nitrogens with zero attached hydrogens (tertiary/aromatic N) is 4. The van der Waals surface area contributed by atoms with Crippen LogP contribution in [0.25, 0.3) is 0 Å². The zero-order valence-corrected chi connectivity index (χ0v) is 21.4. The van der Waals surface area contributed by atoms with Crippen molar-refractivity contribution in [1.29, 1.82) is 0 Å². The number of allylic oxidation sites excluding steroid dienone is 1. The smallest absolute Gasteiger partial charge is 0.325 e. The van der Waals surface area contributed by atoms with E-state index in [0.717, 1.165) is 47.6 Å². The zero-order valence-electron chi connectivity index (χ0n) is 21.4. The Kier molecular flexibility index (Phi) is 5.93. The number of piperidine rings is 1. The van der Waals surface area contributed by atoms with Gasteiger partial charge in [-0.2, -0.15) is 0 Å². The molecular weight excluding hydrogens is 444 g/mol.